The Morgan fingerprint density at radius 3 is 1.14 bits per heavy atom. The quantitative estimate of drug-likeness (QED) is 0.0406. The molecule has 125 heavy (non-hydrogen) atoms. The van der Waals surface area contributed by atoms with Crippen LogP contribution in [0.2, 0.25) is 20.1 Å². The van der Waals surface area contributed by atoms with Crippen LogP contribution < -0.4 is 25.0 Å². The van der Waals surface area contributed by atoms with Crippen LogP contribution in [-0.4, -0.2) is 134 Å². The number of halogens is 4. The lowest BCUT2D eigenvalue weighted by Crippen LogP contribution is -2.47. The number of benzene rings is 10. The van der Waals surface area contributed by atoms with Gasteiger partial charge >= 0.3 is 12.1 Å². The molecule has 10 aromatic carbocycles. The number of amides is 4. The second-order valence-corrected chi connectivity index (χ2v) is 35.8. The number of nitrogens with one attached hydrogen (secondary N) is 6. The Hall–Kier alpha value is -11.0. The lowest BCUT2D eigenvalue weighted by Gasteiger charge is -2.39. The van der Waals surface area contributed by atoms with Crippen LogP contribution in [-0.2, 0) is 25.7 Å². The molecule has 4 atom stereocenters. The largest absolute Gasteiger partial charge is 0.497 e. The first-order valence-electron chi connectivity index (χ1n) is 43.5. The summed E-state index contributed by atoms with van der Waals surface area (Å²) < 4.78 is 10.7. The number of para-hydroxylation sites is 1. The molecule has 4 aliphatic rings. The van der Waals surface area contributed by atoms with E-state index >= 15 is 0 Å². The predicted molar refractivity (Wildman–Crippen MR) is 525 cm³/mol. The molecule has 0 saturated heterocycles. The molecule has 0 radical (unpaired) electrons. The van der Waals surface area contributed by atoms with E-state index in [0.29, 0.717) is 43.0 Å². The highest BCUT2D eigenvalue weighted by Crippen LogP contribution is 2.46. The summed E-state index contributed by atoms with van der Waals surface area (Å²) in [5, 5.41) is 16.2. The number of hydrogen-bond acceptors (Lipinski definition) is 6. The molecule has 0 bridgehead atoms. The Kier molecular flexibility index (Phi) is 28.2. The summed E-state index contributed by atoms with van der Waals surface area (Å²) in [6, 6.07) is 75.7. The monoisotopic (exact) mass is 1780 g/mol. The minimum atomic E-state index is -0.241. The van der Waals surface area contributed by atoms with Crippen LogP contribution in [0.5, 0.6) is 11.5 Å². The van der Waals surface area contributed by atoms with Gasteiger partial charge in [-0.25, -0.2) is 9.59 Å². The number of rotatable bonds is 16. The van der Waals surface area contributed by atoms with Crippen LogP contribution >= 0.6 is 70.8 Å². The smallest absolute Gasteiger partial charge is 0.325 e. The zero-order valence-electron chi connectivity index (χ0n) is 72.9. The summed E-state index contributed by atoms with van der Waals surface area (Å²) in [6.07, 6.45) is 7.01. The molecule has 18 rings (SSSR count). The number of ether oxygens (including phenoxy) is 2. The molecule has 646 valence electrons. The third-order valence-electron chi connectivity index (χ3n) is 24.9. The Labute approximate surface area is 764 Å². The number of urea groups is 2. The number of fused-ring (bicyclic) bond motifs is 12. The molecular weight excluding hydrogens is 1680 g/mol. The standard InChI is InChI=1S/C28H28ClN3S.C26H24ClN3O2.C26H32ClN3S.C23H26ClN3O2/c1-17(2)19-6-8-20(9-7-19)27-26-23(24-16-21(29)10-13-25(24)31-26)14-15-32(27)28(33)30-22-11-4-18(3)5-12-22;1-29(19-6-4-3-5-7-19)26(31)30-15-14-21-22-16-18(27)10-13-23(22)28-24(21)25(30)17-8-11-20(32-2)12-9-17;1-4-5-6-14-28-26(31)30-15-13-21-22-16-20(27)11-12-23(22)29-24(21)25(30)19-9-7-18(8-10-19)17(2)3;1-4-26(5-2)23(28)27-13-12-18-19-14-16(24)8-11-20(19)25-21(18)22(27)15-6-9-17(29-3)10-7-15/h4-13,16-17,27,31H,14-15H2,1-3H3,(H,30,33);3-13,16,25,28H,14-15H2,1-2H3;7-12,16-17,25,29H,4-6,13-15H2,1-3H3,(H,28,31);6-11,14,22,25H,4-5,12-13H2,1-3H3. The van der Waals surface area contributed by atoms with Crippen LogP contribution in [0.15, 0.2) is 224 Å². The molecule has 14 aromatic rings. The van der Waals surface area contributed by atoms with Crippen LogP contribution in [0.1, 0.15) is 188 Å². The van der Waals surface area contributed by atoms with E-state index in [1.165, 1.54) is 85.1 Å². The normalized spacial score (nSPS) is 15.8. The van der Waals surface area contributed by atoms with Gasteiger partial charge in [-0.3, -0.25) is 4.90 Å². The molecule has 22 heteroatoms. The first kappa shape index (κ1) is 88.9. The number of thiocarbonyl (C=S) groups is 2. The second-order valence-electron chi connectivity index (χ2n) is 33.3. The zero-order valence-corrected chi connectivity index (χ0v) is 77.5. The number of hydrogen-bond donors (Lipinski definition) is 6. The van der Waals surface area contributed by atoms with Gasteiger partial charge in [0.2, 0.25) is 0 Å². The predicted octanol–water partition coefficient (Wildman–Crippen LogP) is 25.8. The molecule has 0 aliphatic carbocycles. The maximum Gasteiger partial charge on any atom is 0.325 e. The van der Waals surface area contributed by atoms with Crippen molar-refractivity contribution < 1.29 is 19.1 Å². The number of aromatic nitrogens is 4. The summed E-state index contributed by atoms with van der Waals surface area (Å²) in [4.78, 5) is 53.7. The van der Waals surface area contributed by atoms with Gasteiger partial charge in [0.25, 0.3) is 0 Å². The Balaban J connectivity index is 0.000000129. The number of unbranched alkanes of at least 4 members (excludes halogenated alkanes) is 2. The van der Waals surface area contributed by atoms with Gasteiger partial charge in [-0.1, -0.05) is 203 Å². The first-order chi connectivity index (χ1) is 60.5. The van der Waals surface area contributed by atoms with Gasteiger partial charge in [0.15, 0.2) is 10.2 Å². The lowest BCUT2D eigenvalue weighted by molar-refractivity contribution is 0.140. The van der Waals surface area contributed by atoms with E-state index in [9.17, 15) is 9.59 Å². The lowest BCUT2D eigenvalue weighted by atomic mass is 9.91. The first-order valence-corrected chi connectivity index (χ1v) is 45.9. The molecule has 0 spiro atoms. The number of H-pyrrole nitrogens is 4. The minimum Gasteiger partial charge on any atom is -0.497 e. The van der Waals surface area contributed by atoms with Gasteiger partial charge in [-0.2, -0.15) is 0 Å². The van der Waals surface area contributed by atoms with Gasteiger partial charge in [0.1, 0.15) is 11.5 Å². The number of nitrogens with zero attached hydrogens (tertiary/aromatic N) is 6. The van der Waals surface area contributed by atoms with Crippen LogP contribution in [0, 0.1) is 6.92 Å². The van der Waals surface area contributed by atoms with Crippen LogP contribution in [0.4, 0.5) is 21.0 Å². The summed E-state index contributed by atoms with van der Waals surface area (Å²) in [5.74, 6) is 2.60. The molecule has 0 fully saturated rings. The van der Waals surface area contributed by atoms with Crippen molar-refractivity contribution in [2.24, 2.45) is 0 Å². The molecule has 0 saturated carbocycles. The van der Waals surface area contributed by atoms with Gasteiger partial charge in [0, 0.05) is 151 Å². The Morgan fingerprint density at radius 1 is 0.440 bits per heavy atom. The third-order valence-corrected chi connectivity index (χ3v) is 26.5. The minimum absolute atomic E-state index is 0.00610. The average molecular weight is 1790 g/mol. The SMILES string of the molecule is CCCCCNC(=S)N1CCc2c([nH]c3ccc(Cl)cc23)C1c1ccc(C(C)C)cc1.CCN(CC)C(=O)N1CCc2c([nH]c3ccc(Cl)cc23)C1c1ccc(OC)cc1.COc1ccc(C2c3[nH]c4ccc(Cl)cc4c3CCN2C(=O)N(C)c2ccccc2)cc1.Cc1ccc(NC(=S)N2CCc3c([nH]c4ccc(Cl)cc34)C2c2ccc(C(C)C)cc2)cc1. The maximum atomic E-state index is 13.7. The van der Waals surface area contributed by atoms with E-state index in [-0.39, 0.29) is 36.2 Å². The number of aromatic amines is 4. The fourth-order valence-electron chi connectivity index (χ4n) is 18.1. The van der Waals surface area contributed by atoms with Crippen molar-refractivity contribution >= 4 is 148 Å². The van der Waals surface area contributed by atoms with Crippen LogP contribution in [0.25, 0.3) is 43.6 Å². The van der Waals surface area contributed by atoms with E-state index in [1.54, 1.807) is 19.1 Å². The summed E-state index contributed by atoms with van der Waals surface area (Å²) in [6.45, 7) is 22.6. The average Bonchev–Trinajstić information content (AvgIpc) is 1.63. The fraction of sp³-hybridized carbons (Fsp3) is 0.301. The van der Waals surface area contributed by atoms with Crippen LogP contribution in [0.3, 0.4) is 0 Å². The highest BCUT2D eigenvalue weighted by atomic mass is 35.5. The Morgan fingerprint density at radius 2 is 0.784 bits per heavy atom. The zero-order chi connectivity index (χ0) is 87.9. The number of carbonyl (C=O) groups excluding carboxylic acids is 2. The molecule has 6 N–H and O–H groups in total. The number of aryl methyl sites for hydroxylation is 1. The Bertz CT molecular complexity index is 6150. The summed E-state index contributed by atoms with van der Waals surface area (Å²) >= 11 is 37.0. The number of carbonyl (C=O) groups is 2. The third kappa shape index (κ3) is 19.3. The van der Waals surface area contributed by atoms with Crippen molar-refractivity contribution in [3.8, 4) is 11.5 Å². The van der Waals surface area contributed by atoms with E-state index in [0.717, 1.165) is 155 Å². The number of methoxy groups -OCH3 is 2. The van der Waals surface area contributed by atoms with Gasteiger partial charge in [-0.05, 0) is 266 Å². The molecule has 16 nitrogen and oxygen atoms in total. The molecule has 4 aromatic heterocycles. The highest BCUT2D eigenvalue weighted by Gasteiger charge is 2.40. The molecule has 4 amide bonds. The van der Waals surface area contributed by atoms with Gasteiger partial charge < -0.3 is 64.5 Å². The topological polar surface area (TPSA) is 159 Å². The van der Waals surface area contributed by atoms with Gasteiger partial charge in [-0.15, -0.1) is 0 Å². The van der Waals surface area contributed by atoms with E-state index in [4.69, 9.17) is 80.3 Å². The van der Waals surface area contributed by atoms with Crippen molar-refractivity contribution in [1.29, 1.82) is 0 Å². The van der Waals surface area contributed by atoms with E-state index < -0.39 is 0 Å². The molecule has 4 unspecified atom stereocenters. The molecule has 4 aliphatic heterocycles. The molecular formula is C103H110Cl4N12O4S2. The second kappa shape index (κ2) is 39.7. The van der Waals surface area contributed by atoms with Gasteiger partial charge in [0.05, 0.1) is 38.4 Å². The summed E-state index contributed by atoms with van der Waals surface area (Å²) in [7, 11) is 5.13. The van der Waals surface area contributed by atoms with Crippen molar-refractivity contribution in [3.05, 3.63) is 329 Å². The highest BCUT2D eigenvalue weighted by molar-refractivity contribution is 7.80. The van der Waals surface area contributed by atoms with Crippen molar-refractivity contribution in [1.82, 2.24) is 49.8 Å². The molecule has 8 heterocycles. The maximum absolute atomic E-state index is 13.7. The fourth-order valence-corrected chi connectivity index (χ4v) is 19.4. The summed E-state index contributed by atoms with van der Waals surface area (Å²) in [5.41, 5.74) is 24.4. The number of anilines is 2. The van der Waals surface area contributed by atoms with E-state index in [2.05, 4.69) is 179 Å². The van der Waals surface area contributed by atoms with Crippen molar-refractivity contribution in [3.63, 3.8) is 0 Å². The van der Waals surface area contributed by atoms with Crippen molar-refractivity contribution in [2.75, 3.05) is 77.3 Å². The van der Waals surface area contributed by atoms with Crippen molar-refractivity contribution in [2.45, 2.75) is 136 Å². The van der Waals surface area contributed by atoms with E-state index in [1.807, 2.05) is 163 Å².